The van der Waals surface area contributed by atoms with E-state index in [1.54, 1.807) is 19.1 Å². The molecule has 2 aromatic carbocycles. The Balaban J connectivity index is 2.00. The van der Waals surface area contributed by atoms with Crippen molar-refractivity contribution in [2.24, 2.45) is 0 Å². The Morgan fingerprint density at radius 1 is 1.18 bits per heavy atom. The van der Waals surface area contributed by atoms with Crippen LogP contribution < -0.4 is 10.1 Å². The number of aryl methyl sites for hydroxylation is 1. The molecule has 0 atom stereocenters. The van der Waals surface area contributed by atoms with Crippen molar-refractivity contribution in [3.8, 4) is 5.75 Å². The first-order chi connectivity index (χ1) is 13.3. The number of sulfonamides is 1. The zero-order chi connectivity index (χ0) is 20.5. The number of amides is 1. The number of anilines is 1. The molecular weight excluding hydrogens is 378 g/mol. The van der Waals surface area contributed by atoms with Gasteiger partial charge in [0, 0.05) is 36.4 Å². The molecule has 0 saturated heterocycles. The number of nitrogens with one attached hydrogen (secondary N) is 2. The fourth-order valence-electron chi connectivity index (χ4n) is 3.02. The van der Waals surface area contributed by atoms with Gasteiger partial charge in [0.15, 0.2) is 0 Å². The summed E-state index contributed by atoms with van der Waals surface area (Å²) in [5.41, 5.74) is 2.51. The van der Waals surface area contributed by atoms with Crippen molar-refractivity contribution in [1.29, 1.82) is 0 Å². The lowest BCUT2D eigenvalue weighted by molar-refractivity contribution is 0.102. The largest absolute Gasteiger partial charge is 0.492 e. The number of rotatable bonds is 6. The number of carbonyl (C=O) groups is 1. The minimum atomic E-state index is -3.73. The van der Waals surface area contributed by atoms with Crippen LogP contribution in [0.5, 0.6) is 5.75 Å². The maximum Gasteiger partial charge on any atom is 0.258 e. The predicted octanol–water partition coefficient (Wildman–Crippen LogP) is 3.38. The topological polar surface area (TPSA) is 91.5 Å². The molecule has 0 aliphatic heterocycles. The molecular formula is C20H23N3O4S. The molecule has 2 N–H and O–H groups in total. The van der Waals surface area contributed by atoms with Gasteiger partial charge in [-0.05, 0) is 38.1 Å². The van der Waals surface area contributed by atoms with Crippen LogP contribution in [0.1, 0.15) is 23.0 Å². The van der Waals surface area contributed by atoms with Gasteiger partial charge in [-0.1, -0.05) is 18.2 Å². The molecule has 0 aliphatic carbocycles. The Morgan fingerprint density at radius 2 is 1.89 bits per heavy atom. The fourth-order valence-corrected chi connectivity index (χ4v) is 4.07. The average Bonchev–Trinajstić information content (AvgIpc) is 2.98. The molecule has 3 aromatic rings. The second kappa shape index (κ2) is 7.65. The molecule has 1 amide bonds. The normalized spacial score (nSPS) is 11.8. The summed E-state index contributed by atoms with van der Waals surface area (Å²) < 4.78 is 31.9. The molecule has 0 unspecified atom stereocenters. The number of aromatic amines is 1. The SMILES string of the molecule is CCOc1ccc(NC(=O)c2c(C)[nH]c3ccccc23)cc1S(=O)(=O)N(C)C. The standard InChI is InChI=1S/C20H23N3O4S/c1-5-27-17-11-10-14(12-18(17)28(25,26)23(3)4)22-20(24)19-13(2)21-16-9-7-6-8-15(16)19/h6-12,21H,5H2,1-4H3,(H,22,24). The first-order valence-electron chi connectivity index (χ1n) is 8.83. The van der Waals surface area contributed by atoms with Crippen molar-refractivity contribution in [1.82, 2.24) is 9.29 Å². The van der Waals surface area contributed by atoms with E-state index in [0.29, 0.717) is 17.9 Å². The van der Waals surface area contributed by atoms with Crippen LogP contribution in [0.25, 0.3) is 10.9 Å². The average molecular weight is 401 g/mol. The van der Waals surface area contributed by atoms with Gasteiger partial charge >= 0.3 is 0 Å². The van der Waals surface area contributed by atoms with Crippen LogP contribution in [0, 0.1) is 6.92 Å². The quantitative estimate of drug-likeness (QED) is 0.662. The Kier molecular flexibility index (Phi) is 5.44. The molecule has 148 valence electrons. The van der Waals surface area contributed by atoms with E-state index in [2.05, 4.69) is 10.3 Å². The van der Waals surface area contributed by atoms with Crippen LogP contribution >= 0.6 is 0 Å². The molecule has 0 saturated carbocycles. The minimum Gasteiger partial charge on any atom is -0.492 e. The van der Waals surface area contributed by atoms with E-state index < -0.39 is 10.0 Å². The summed E-state index contributed by atoms with van der Waals surface area (Å²) in [6.45, 7) is 3.94. The van der Waals surface area contributed by atoms with Gasteiger partial charge in [0.25, 0.3) is 5.91 Å². The van der Waals surface area contributed by atoms with Crippen molar-refractivity contribution < 1.29 is 17.9 Å². The third kappa shape index (κ3) is 3.61. The highest BCUT2D eigenvalue weighted by atomic mass is 32.2. The van der Waals surface area contributed by atoms with Gasteiger partial charge in [-0.25, -0.2) is 12.7 Å². The highest BCUT2D eigenvalue weighted by Crippen LogP contribution is 2.30. The molecule has 28 heavy (non-hydrogen) atoms. The number of nitrogens with zero attached hydrogens (tertiary/aromatic N) is 1. The number of carbonyl (C=O) groups excluding carboxylic acids is 1. The molecule has 0 bridgehead atoms. The number of hydrogen-bond donors (Lipinski definition) is 2. The van der Waals surface area contributed by atoms with Gasteiger partial charge in [-0.15, -0.1) is 0 Å². The van der Waals surface area contributed by atoms with Gasteiger partial charge in [-0.2, -0.15) is 0 Å². The summed E-state index contributed by atoms with van der Waals surface area (Å²) >= 11 is 0. The second-order valence-electron chi connectivity index (χ2n) is 6.51. The maximum atomic E-state index is 12.9. The van der Waals surface area contributed by atoms with Crippen LogP contribution in [0.3, 0.4) is 0 Å². The van der Waals surface area contributed by atoms with E-state index in [4.69, 9.17) is 4.74 Å². The van der Waals surface area contributed by atoms with Crippen LogP contribution in [-0.2, 0) is 10.0 Å². The summed E-state index contributed by atoms with van der Waals surface area (Å²) in [7, 11) is -0.834. The lowest BCUT2D eigenvalue weighted by Gasteiger charge is -2.16. The summed E-state index contributed by atoms with van der Waals surface area (Å²) in [6, 6.07) is 12.1. The van der Waals surface area contributed by atoms with E-state index >= 15 is 0 Å². The van der Waals surface area contributed by atoms with E-state index in [1.165, 1.54) is 20.2 Å². The number of hydrogen-bond acceptors (Lipinski definition) is 4. The number of H-pyrrole nitrogens is 1. The number of ether oxygens (including phenoxy) is 1. The lowest BCUT2D eigenvalue weighted by atomic mass is 10.1. The Bertz CT molecular complexity index is 1130. The molecule has 1 aromatic heterocycles. The number of para-hydroxylation sites is 1. The molecule has 3 rings (SSSR count). The number of aromatic nitrogens is 1. The Hall–Kier alpha value is -2.84. The zero-order valence-electron chi connectivity index (χ0n) is 16.2. The van der Waals surface area contributed by atoms with Crippen LogP contribution in [-0.4, -0.2) is 44.3 Å². The molecule has 8 heteroatoms. The molecule has 0 aliphatic rings. The van der Waals surface area contributed by atoms with Gasteiger partial charge in [0.05, 0.1) is 12.2 Å². The Morgan fingerprint density at radius 3 is 2.57 bits per heavy atom. The number of benzene rings is 2. The van der Waals surface area contributed by atoms with E-state index in [0.717, 1.165) is 20.9 Å². The van der Waals surface area contributed by atoms with Crippen molar-refractivity contribution in [3.63, 3.8) is 0 Å². The van der Waals surface area contributed by atoms with Crippen LogP contribution in [0.2, 0.25) is 0 Å². The van der Waals surface area contributed by atoms with E-state index in [9.17, 15) is 13.2 Å². The van der Waals surface area contributed by atoms with Gasteiger partial charge in [0.1, 0.15) is 10.6 Å². The third-order valence-electron chi connectivity index (χ3n) is 4.38. The predicted molar refractivity (Wildman–Crippen MR) is 109 cm³/mol. The molecule has 0 spiro atoms. The summed E-state index contributed by atoms with van der Waals surface area (Å²) in [6.07, 6.45) is 0. The first kappa shape index (κ1) is 19.9. The summed E-state index contributed by atoms with van der Waals surface area (Å²) in [5, 5.41) is 3.61. The van der Waals surface area contributed by atoms with Crippen molar-refractivity contribution in [3.05, 3.63) is 53.7 Å². The zero-order valence-corrected chi connectivity index (χ0v) is 17.1. The first-order valence-corrected chi connectivity index (χ1v) is 10.3. The monoisotopic (exact) mass is 401 g/mol. The third-order valence-corrected chi connectivity index (χ3v) is 6.22. The molecule has 0 radical (unpaired) electrons. The van der Waals surface area contributed by atoms with E-state index in [-0.39, 0.29) is 16.6 Å². The van der Waals surface area contributed by atoms with Gasteiger partial charge in [-0.3, -0.25) is 4.79 Å². The minimum absolute atomic E-state index is 0.00722. The number of fused-ring (bicyclic) bond motifs is 1. The molecule has 7 nitrogen and oxygen atoms in total. The highest BCUT2D eigenvalue weighted by molar-refractivity contribution is 7.89. The lowest BCUT2D eigenvalue weighted by Crippen LogP contribution is -2.23. The summed E-state index contributed by atoms with van der Waals surface area (Å²) in [5.74, 6) is -0.0650. The van der Waals surface area contributed by atoms with Crippen LogP contribution in [0.4, 0.5) is 5.69 Å². The molecule has 0 fully saturated rings. The second-order valence-corrected chi connectivity index (χ2v) is 8.63. The Labute approximate surface area is 164 Å². The van der Waals surface area contributed by atoms with Gasteiger partial charge in [0.2, 0.25) is 10.0 Å². The van der Waals surface area contributed by atoms with E-state index in [1.807, 2.05) is 31.2 Å². The van der Waals surface area contributed by atoms with Crippen LogP contribution in [0.15, 0.2) is 47.4 Å². The van der Waals surface area contributed by atoms with Crippen molar-refractivity contribution in [2.75, 3.05) is 26.0 Å². The smallest absolute Gasteiger partial charge is 0.258 e. The highest BCUT2D eigenvalue weighted by Gasteiger charge is 2.24. The van der Waals surface area contributed by atoms with Crippen molar-refractivity contribution in [2.45, 2.75) is 18.7 Å². The molecule has 1 heterocycles. The van der Waals surface area contributed by atoms with Crippen molar-refractivity contribution >= 4 is 32.5 Å². The fraction of sp³-hybridized carbons (Fsp3) is 0.250. The van der Waals surface area contributed by atoms with Gasteiger partial charge < -0.3 is 15.0 Å². The maximum absolute atomic E-state index is 12.9. The summed E-state index contributed by atoms with van der Waals surface area (Å²) in [4.78, 5) is 16.1.